The topological polar surface area (TPSA) is 61.6 Å². The van der Waals surface area contributed by atoms with Gasteiger partial charge in [-0.15, -0.1) is 0 Å². The Morgan fingerprint density at radius 2 is 2.00 bits per heavy atom. The standard InChI is InChI=1S/C17H12Cl2N4/c18-14-2-1-11(7-15(14)19)3-6-22-17-12(8-20)9-23-16-10-21-5-4-13(16)17/h1-2,4-5,7,9-10H,3,6H2,(H,22,23). The summed E-state index contributed by atoms with van der Waals surface area (Å²) in [5.74, 6) is 0. The fourth-order valence-electron chi connectivity index (χ4n) is 2.35. The van der Waals surface area contributed by atoms with E-state index in [1.54, 1.807) is 24.7 Å². The van der Waals surface area contributed by atoms with Crippen LogP contribution in [0, 0.1) is 11.3 Å². The van der Waals surface area contributed by atoms with E-state index in [4.69, 9.17) is 23.2 Å². The molecule has 6 heteroatoms. The van der Waals surface area contributed by atoms with Crippen molar-refractivity contribution in [1.29, 1.82) is 5.26 Å². The zero-order chi connectivity index (χ0) is 16.2. The number of fused-ring (bicyclic) bond motifs is 1. The van der Waals surface area contributed by atoms with E-state index in [1.807, 2.05) is 18.2 Å². The molecule has 1 aromatic carbocycles. The van der Waals surface area contributed by atoms with Crippen LogP contribution in [0.2, 0.25) is 10.0 Å². The Labute approximate surface area is 143 Å². The molecular formula is C17H12Cl2N4. The molecule has 0 unspecified atom stereocenters. The lowest BCUT2D eigenvalue weighted by Gasteiger charge is -2.11. The first-order valence-corrected chi connectivity index (χ1v) is 7.75. The minimum Gasteiger partial charge on any atom is -0.383 e. The molecule has 0 spiro atoms. The molecule has 0 amide bonds. The molecule has 1 N–H and O–H groups in total. The molecule has 0 fully saturated rings. The number of aromatic nitrogens is 2. The lowest BCUT2D eigenvalue weighted by atomic mass is 10.1. The molecule has 0 aliphatic rings. The summed E-state index contributed by atoms with van der Waals surface area (Å²) in [6.45, 7) is 0.661. The normalized spacial score (nSPS) is 10.5. The molecule has 4 nitrogen and oxygen atoms in total. The smallest absolute Gasteiger partial charge is 0.103 e. The molecular weight excluding hydrogens is 331 g/mol. The maximum absolute atomic E-state index is 9.28. The number of benzene rings is 1. The van der Waals surface area contributed by atoms with Gasteiger partial charge in [-0.2, -0.15) is 5.26 Å². The van der Waals surface area contributed by atoms with Crippen LogP contribution in [0.4, 0.5) is 5.69 Å². The van der Waals surface area contributed by atoms with Gasteiger partial charge in [0.05, 0.1) is 33.0 Å². The van der Waals surface area contributed by atoms with Gasteiger partial charge in [0.1, 0.15) is 6.07 Å². The molecule has 0 aliphatic heterocycles. The Hall–Kier alpha value is -2.35. The zero-order valence-electron chi connectivity index (χ0n) is 12.1. The second-order valence-corrected chi connectivity index (χ2v) is 5.79. The molecule has 2 heterocycles. The van der Waals surface area contributed by atoms with Gasteiger partial charge >= 0.3 is 0 Å². The van der Waals surface area contributed by atoms with E-state index in [0.717, 1.165) is 28.6 Å². The number of nitriles is 1. The third kappa shape index (κ3) is 3.37. The monoisotopic (exact) mass is 342 g/mol. The van der Waals surface area contributed by atoms with E-state index in [1.165, 1.54) is 0 Å². The van der Waals surface area contributed by atoms with E-state index in [-0.39, 0.29) is 0 Å². The third-order valence-corrected chi connectivity index (χ3v) is 4.23. The minimum atomic E-state index is 0.512. The van der Waals surface area contributed by atoms with Crippen molar-refractivity contribution in [3.8, 4) is 6.07 Å². The van der Waals surface area contributed by atoms with Gasteiger partial charge in [-0.1, -0.05) is 29.3 Å². The summed E-state index contributed by atoms with van der Waals surface area (Å²) in [4.78, 5) is 8.30. The molecule has 0 aliphatic carbocycles. The predicted octanol–water partition coefficient (Wildman–Crippen LogP) is 4.46. The first kappa shape index (κ1) is 15.5. The van der Waals surface area contributed by atoms with Gasteiger partial charge in [0.15, 0.2) is 0 Å². The van der Waals surface area contributed by atoms with Crippen LogP contribution in [0.1, 0.15) is 11.1 Å². The maximum Gasteiger partial charge on any atom is 0.103 e. The van der Waals surface area contributed by atoms with Gasteiger partial charge in [0.25, 0.3) is 0 Å². The van der Waals surface area contributed by atoms with Crippen molar-refractivity contribution in [1.82, 2.24) is 9.97 Å². The van der Waals surface area contributed by atoms with Gasteiger partial charge in [0.2, 0.25) is 0 Å². The van der Waals surface area contributed by atoms with Crippen LogP contribution in [0.5, 0.6) is 0 Å². The molecule has 0 atom stereocenters. The number of pyridine rings is 2. The lowest BCUT2D eigenvalue weighted by molar-refractivity contribution is 1.02. The Kier molecular flexibility index (Phi) is 4.61. The van der Waals surface area contributed by atoms with Crippen LogP contribution < -0.4 is 5.32 Å². The van der Waals surface area contributed by atoms with E-state index < -0.39 is 0 Å². The number of halogens is 2. The van der Waals surface area contributed by atoms with Crippen LogP contribution in [0.15, 0.2) is 42.9 Å². The van der Waals surface area contributed by atoms with E-state index >= 15 is 0 Å². The molecule has 0 saturated heterocycles. The molecule has 3 rings (SSSR count). The summed E-state index contributed by atoms with van der Waals surface area (Å²) >= 11 is 11.9. The van der Waals surface area contributed by atoms with Crippen molar-refractivity contribution >= 4 is 39.8 Å². The molecule has 23 heavy (non-hydrogen) atoms. The van der Waals surface area contributed by atoms with Crippen molar-refractivity contribution < 1.29 is 0 Å². The summed E-state index contributed by atoms with van der Waals surface area (Å²) < 4.78 is 0. The molecule has 114 valence electrons. The van der Waals surface area contributed by atoms with Crippen LogP contribution in [-0.2, 0) is 6.42 Å². The van der Waals surface area contributed by atoms with Gasteiger partial charge < -0.3 is 5.32 Å². The predicted molar refractivity (Wildman–Crippen MR) is 92.9 cm³/mol. The average Bonchev–Trinajstić information content (AvgIpc) is 2.58. The number of hydrogen-bond donors (Lipinski definition) is 1. The van der Waals surface area contributed by atoms with Crippen LogP contribution in [0.3, 0.4) is 0 Å². The highest BCUT2D eigenvalue weighted by Crippen LogP contribution is 2.25. The Balaban J connectivity index is 1.81. The average molecular weight is 343 g/mol. The molecule has 0 radical (unpaired) electrons. The van der Waals surface area contributed by atoms with Crippen molar-refractivity contribution in [3.63, 3.8) is 0 Å². The highest BCUT2D eigenvalue weighted by molar-refractivity contribution is 6.42. The summed E-state index contributed by atoms with van der Waals surface area (Å²) in [5.41, 5.74) is 3.12. The molecule has 3 aromatic rings. The first-order valence-electron chi connectivity index (χ1n) is 6.99. The lowest BCUT2D eigenvalue weighted by Crippen LogP contribution is -2.07. The first-order chi connectivity index (χ1) is 11.2. The number of anilines is 1. The zero-order valence-corrected chi connectivity index (χ0v) is 13.6. The van der Waals surface area contributed by atoms with Gasteiger partial charge in [0, 0.05) is 24.3 Å². The van der Waals surface area contributed by atoms with Gasteiger partial charge in [-0.3, -0.25) is 9.97 Å². The molecule has 0 saturated carbocycles. The number of nitrogens with one attached hydrogen (secondary N) is 1. The van der Waals surface area contributed by atoms with E-state index in [0.29, 0.717) is 22.2 Å². The van der Waals surface area contributed by atoms with E-state index in [2.05, 4.69) is 21.4 Å². The highest BCUT2D eigenvalue weighted by Gasteiger charge is 2.08. The summed E-state index contributed by atoms with van der Waals surface area (Å²) in [7, 11) is 0. The number of rotatable bonds is 4. The van der Waals surface area contributed by atoms with Crippen molar-refractivity contribution in [3.05, 3.63) is 64.0 Å². The third-order valence-electron chi connectivity index (χ3n) is 3.49. The Morgan fingerprint density at radius 3 is 2.78 bits per heavy atom. The van der Waals surface area contributed by atoms with Crippen molar-refractivity contribution in [2.45, 2.75) is 6.42 Å². The quantitative estimate of drug-likeness (QED) is 0.760. The summed E-state index contributed by atoms with van der Waals surface area (Å²) in [5, 5.41) is 14.6. The van der Waals surface area contributed by atoms with Crippen molar-refractivity contribution in [2.24, 2.45) is 0 Å². The number of nitrogens with zero attached hydrogens (tertiary/aromatic N) is 3. The summed E-state index contributed by atoms with van der Waals surface area (Å²) in [6.07, 6.45) is 5.69. The van der Waals surface area contributed by atoms with Crippen LogP contribution in [0.25, 0.3) is 10.9 Å². The maximum atomic E-state index is 9.28. The van der Waals surface area contributed by atoms with Gasteiger partial charge in [-0.25, -0.2) is 0 Å². The fourth-order valence-corrected chi connectivity index (χ4v) is 2.67. The second-order valence-electron chi connectivity index (χ2n) is 4.98. The SMILES string of the molecule is N#Cc1cnc2cnccc2c1NCCc1ccc(Cl)c(Cl)c1. The van der Waals surface area contributed by atoms with Crippen LogP contribution in [-0.4, -0.2) is 16.5 Å². The molecule has 0 bridgehead atoms. The molecule has 2 aromatic heterocycles. The van der Waals surface area contributed by atoms with Gasteiger partial charge in [-0.05, 0) is 30.2 Å². The Morgan fingerprint density at radius 1 is 1.13 bits per heavy atom. The van der Waals surface area contributed by atoms with E-state index in [9.17, 15) is 5.26 Å². The highest BCUT2D eigenvalue weighted by atomic mass is 35.5. The Bertz CT molecular complexity index is 903. The largest absolute Gasteiger partial charge is 0.383 e. The minimum absolute atomic E-state index is 0.512. The fraction of sp³-hybridized carbons (Fsp3) is 0.118. The van der Waals surface area contributed by atoms with Crippen LogP contribution >= 0.6 is 23.2 Å². The van der Waals surface area contributed by atoms with Crippen molar-refractivity contribution in [2.75, 3.05) is 11.9 Å². The second kappa shape index (κ2) is 6.82. The summed E-state index contributed by atoms with van der Waals surface area (Å²) in [6, 6.07) is 9.60. The number of hydrogen-bond acceptors (Lipinski definition) is 4.